The molecule has 24 heavy (non-hydrogen) atoms. The summed E-state index contributed by atoms with van der Waals surface area (Å²) < 4.78 is 5.98. The zero-order valence-electron chi connectivity index (χ0n) is 13.4. The molecule has 2 fully saturated rings. The largest absolute Gasteiger partial charge is 0.469 e. The fourth-order valence-corrected chi connectivity index (χ4v) is 4.99. The SMILES string of the molecule is COC(=O)C1CC12CCN(c1ccc(-c3ccc(Br)s3)nn1)CC2. The minimum absolute atomic E-state index is 0.0466. The summed E-state index contributed by atoms with van der Waals surface area (Å²) in [5.41, 5.74) is 1.08. The molecule has 1 atom stereocenters. The van der Waals surface area contributed by atoms with Crippen molar-refractivity contribution in [2.75, 3.05) is 25.1 Å². The number of esters is 1. The molecule has 2 aromatic heterocycles. The van der Waals surface area contributed by atoms with E-state index in [9.17, 15) is 4.79 Å². The molecular formula is C17H18BrN3O2S. The van der Waals surface area contributed by atoms with Crippen molar-refractivity contribution in [2.45, 2.75) is 19.3 Å². The van der Waals surface area contributed by atoms with Crippen LogP contribution >= 0.6 is 27.3 Å². The number of halogens is 1. The Labute approximate surface area is 153 Å². The van der Waals surface area contributed by atoms with E-state index in [1.165, 1.54) is 7.11 Å². The molecule has 0 amide bonds. The maximum absolute atomic E-state index is 11.7. The summed E-state index contributed by atoms with van der Waals surface area (Å²) in [4.78, 5) is 15.1. The van der Waals surface area contributed by atoms with Crippen LogP contribution in [0.4, 0.5) is 5.82 Å². The topological polar surface area (TPSA) is 55.3 Å². The highest BCUT2D eigenvalue weighted by Crippen LogP contribution is 2.59. The van der Waals surface area contributed by atoms with E-state index in [-0.39, 0.29) is 17.3 Å². The smallest absolute Gasteiger partial charge is 0.309 e. The minimum Gasteiger partial charge on any atom is -0.469 e. The summed E-state index contributed by atoms with van der Waals surface area (Å²) in [7, 11) is 1.48. The summed E-state index contributed by atoms with van der Waals surface area (Å²) in [5, 5.41) is 8.77. The predicted octanol–water partition coefficient (Wildman–Crippen LogP) is 3.75. The number of rotatable bonds is 3. The standard InChI is InChI=1S/C17H18BrN3O2S/c1-23-16(22)11-10-17(11)6-8-21(9-7-17)15-5-2-12(19-20-15)13-3-4-14(18)24-13/h2-5,11H,6-10H2,1H3. The average molecular weight is 408 g/mol. The fraction of sp³-hybridized carbons (Fsp3) is 0.471. The van der Waals surface area contributed by atoms with Gasteiger partial charge >= 0.3 is 5.97 Å². The Morgan fingerprint density at radius 2 is 2.08 bits per heavy atom. The molecule has 2 aromatic rings. The third-order valence-electron chi connectivity index (χ3n) is 5.23. The lowest BCUT2D eigenvalue weighted by atomic mass is 9.91. The Morgan fingerprint density at radius 3 is 2.67 bits per heavy atom. The van der Waals surface area contributed by atoms with Crippen molar-refractivity contribution in [3.8, 4) is 10.6 Å². The Bertz CT molecular complexity index is 753. The second-order valence-electron chi connectivity index (χ2n) is 6.51. The summed E-state index contributed by atoms with van der Waals surface area (Å²) in [6.45, 7) is 1.85. The van der Waals surface area contributed by atoms with E-state index in [0.29, 0.717) is 0 Å². The first-order chi connectivity index (χ1) is 11.6. The summed E-state index contributed by atoms with van der Waals surface area (Å²) >= 11 is 5.12. The molecule has 2 aliphatic rings. The van der Waals surface area contributed by atoms with Gasteiger partial charge in [-0.25, -0.2) is 0 Å². The Morgan fingerprint density at radius 1 is 1.29 bits per heavy atom. The lowest BCUT2D eigenvalue weighted by Gasteiger charge is -2.33. The van der Waals surface area contributed by atoms with Gasteiger partial charge in [-0.3, -0.25) is 4.79 Å². The molecule has 1 spiro atoms. The highest BCUT2D eigenvalue weighted by Gasteiger charge is 2.59. The van der Waals surface area contributed by atoms with Gasteiger partial charge in [0.2, 0.25) is 0 Å². The molecule has 0 aromatic carbocycles. The van der Waals surface area contributed by atoms with E-state index in [4.69, 9.17) is 4.74 Å². The first-order valence-electron chi connectivity index (χ1n) is 8.03. The number of carbonyl (C=O) groups excluding carboxylic acids is 1. The molecule has 0 bridgehead atoms. The first-order valence-corrected chi connectivity index (χ1v) is 9.64. The van der Waals surface area contributed by atoms with Crippen molar-refractivity contribution >= 4 is 39.1 Å². The van der Waals surface area contributed by atoms with Crippen molar-refractivity contribution in [3.63, 3.8) is 0 Å². The first kappa shape index (κ1) is 16.0. The molecule has 7 heteroatoms. The van der Waals surface area contributed by atoms with E-state index in [1.807, 2.05) is 24.3 Å². The van der Waals surface area contributed by atoms with Gasteiger partial charge in [-0.1, -0.05) is 0 Å². The van der Waals surface area contributed by atoms with Crippen LogP contribution in [0.25, 0.3) is 10.6 Å². The second kappa shape index (κ2) is 6.11. The van der Waals surface area contributed by atoms with Crippen LogP contribution in [0.1, 0.15) is 19.3 Å². The van der Waals surface area contributed by atoms with Gasteiger partial charge < -0.3 is 9.64 Å². The highest BCUT2D eigenvalue weighted by atomic mass is 79.9. The molecular weight excluding hydrogens is 390 g/mol. The van der Waals surface area contributed by atoms with Gasteiger partial charge in [0.25, 0.3) is 0 Å². The maximum atomic E-state index is 11.7. The molecule has 1 aliphatic heterocycles. The minimum atomic E-state index is -0.0466. The van der Waals surface area contributed by atoms with Gasteiger partial charge in [-0.2, -0.15) is 0 Å². The number of piperidine rings is 1. The number of aromatic nitrogens is 2. The van der Waals surface area contributed by atoms with Crippen LogP contribution in [0.15, 0.2) is 28.1 Å². The zero-order valence-corrected chi connectivity index (χ0v) is 15.8. The third-order valence-corrected chi connectivity index (χ3v) is 6.88. The van der Waals surface area contributed by atoms with E-state index < -0.39 is 0 Å². The molecule has 3 heterocycles. The summed E-state index contributed by atoms with van der Waals surface area (Å²) in [6.07, 6.45) is 3.02. The van der Waals surface area contributed by atoms with Crippen LogP contribution in [0.3, 0.4) is 0 Å². The fourth-order valence-electron chi connectivity index (χ4n) is 3.63. The molecule has 1 aliphatic carbocycles. The zero-order chi connectivity index (χ0) is 16.7. The third kappa shape index (κ3) is 2.84. The molecule has 0 radical (unpaired) electrons. The lowest BCUT2D eigenvalue weighted by molar-refractivity contribution is -0.143. The number of carbonyl (C=O) groups is 1. The number of hydrogen-bond acceptors (Lipinski definition) is 6. The van der Waals surface area contributed by atoms with Crippen molar-refractivity contribution < 1.29 is 9.53 Å². The van der Waals surface area contributed by atoms with Crippen molar-refractivity contribution in [1.29, 1.82) is 0 Å². The molecule has 5 nitrogen and oxygen atoms in total. The van der Waals surface area contributed by atoms with Gasteiger partial charge in [0.15, 0.2) is 5.82 Å². The van der Waals surface area contributed by atoms with Crippen molar-refractivity contribution in [2.24, 2.45) is 11.3 Å². The number of nitrogens with zero attached hydrogens (tertiary/aromatic N) is 3. The molecule has 1 saturated carbocycles. The van der Waals surface area contributed by atoms with Crippen LogP contribution in [-0.4, -0.2) is 36.4 Å². The van der Waals surface area contributed by atoms with Crippen LogP contribution in [0.5, 0.6) is 0 Å². The monoisotopic (exact) mass is 407 g/mol. The van der Waals surface area contributed by atoms with Crippen molar-refractivity contribution in [3.05, 3.63) is 28.1 Å². The maximum Gasteiger partial charge on any atom is 0.309 e. The predicted molar refractivity (Wildman–Crippen MR) is 97.0 cm³/mol. The molecule has 1 unspecified atom stereocenters. The Hall–Kier alpha value is -1.47. The number of methoxy groups -OCH3 is 1. The normalized spacial score (nSPS) is 21.8. The van der Waals surface area contributed by atoms with Gasteiger partial charge in [0.1, 0.15) is 5.69 Å². The number of ether oxygens (including phenoxy) is 1. The van der Waals surface area contributed by atoms with E-state index in [1.54, 1.807) is 11.3 Å². The second-order valence-corrected chi connectivity index (χ2v) is 8.97. The lowest BCUT2D eigenvalue weighted by Crippen LogP contribution is -2.36. The van der Waals surface area contributed by atoms with Crippen molar-refractivity contribution in [1.82, 2.24) is 10.2 Å². The van der Waals surface area contributed by atoms with E-state index in [2.05, 4.69) is 31.0 Å². The van der Waals surface area contributed by atoms with E-state index >= 15 is 0 Å². The van der Waals surface area contributed by atoms with Gasteiger partial charge in [-0.15, -0.1) is 21.5 Å². The number of thiophene rings is 1. The van der Waals surface area contributed by atoms with Crippen LogP contribution < -0.4 is 4.90 Å². The molecule has 0 N–H and O–H groups in total. The number of hydrogen-bond donors (Lipinski definition) is 0. The van der Waals surface area contributed by atoms with Gasteiger partial charge in [-0.05, 0) is 64.9 Å². The Balaban J connectivity index is 1.40. The highest BCUT2D eigenvalue weighted by molar-refractivity contribution is 9.11. The van der Waals surface area contributed by atoms with Crippen LogP contribution in [-0.2, 0) is 9.53 Å². The molecule has 4 rings (SSSR count). The summed E-state index contributed by atoms with van der Waals surface area (Å²) in [6, 6.07) is 8.13. The van der Waals surface area contributed by atoms with Gasteiger partial charge in [0.05, 0.1) is 21.7 Å². The molecule has 1 saturated heterocycles. The number of anilines is 1. The van der Waals surface area contributed by atoms with E-state index in [0.717, 1.165) is 52.5 Å². The average Bonchev–Trinajstić information content (AvgIpc) is 3.13. The summed E-state index contributed by atoms with van der Waals surface area (Å²) in [5.74, 6) is 0.976. The quantitative estimate of drug-likeness (QED) is 0.725. The van der Waals surface area contributed by atoms with Gasteiger partial charge in [0, 0.05) is 13.1 Å². The van der Waals surface area contributed by atoms with Crippen LogP contribution in [0.2, 0.25) is 0 Å². The van der Waals surface area contributed by atoms with Crippen LogP contribution in [0, 0.1) is 11.3 Å². The Kier molecular flexibility index (Phi) is 4.08. The molecule has 126 valence electrons.